The lowest BCUT2D eigenvalue weighted by Gasteiger charge is -2.45. The SMILES string of the molecule is CC(C)OCCN1C(=O)C(C)(C2CC2)NC(=O)C1C1CC1. The van der Waals surface area contributed by atoms with Gasteiger partial charge in [0.2, 0.25) is 11.8 Å². The number of carbonyl (C=O) groups is 2. The largest absolute Gasteiger partial charge is 0.377 e. The van der Waals surface area contributed by atoms with Gasteiger partial charge in [0.25, 0.3) is 0 Å². The Balaban J connectivity index is 1.75. The first-order chi connectivity index (χ1) is 9.93. The Hall–Kier alpha value is -1.10. The molecule has 2 unspecified atom stereocenters. The molecule has 0 spiro atoms. The molecule has 2 atom stereocenters. The maximum absolute atomic E-state index is 12.9. The highest BCUT2D eigenvalue weighted by molar-refractivity contribution is 6.00. The van der Waals surface area contributed by atoms with Crippen molar-refractivity contribution >= 4 is 11.8 Å². The fourth-order valence-corrected chi connectivity index (χ4v) is 3.39. The molecule has 21 heavy (non-hydrogen) atoms. The van der Waals surface area contributed by atoms with Gasteiger partial charge in [-0.2, -0.15) is 0 Å². The molecule has 1 saturated heterocycles. The molecule has 3 fully saturated rings. The monoisotopic (exact) mass is 294 g/mol. The van der Waals surface area contributed by atoms with Crippen molar-refractivity contribution in [3.05, 3.63) is 0 Å². The second-order valence-electron chi connectivity index (χ2n) is 7.17. The van der Waals surface area contributed by atoms with Gasteiger partial charge in [0, 0.05) is 6.54 Å². The van der Waals surface area contributed by atoms with E-state index in [1.165, 1.54) is 0 Å². The summed E-state index contributed by atoms with van der Waals surface area (Å²) in [6.45, 7) is 6.88. The van der Waals surface area contributed by atoms with Crippen LogP contribution >= 0.6 is 0 Å². The highest BCUT2D eigenvalue weighted by atomic mass is 16.5. The number of nitrogens with zero attached hydrogens (tertiary/aromatic N) is 1. The van der Waals surface area contributed by atoms with Gasteiger partial charge in [-0.1, -0.05) is 0 Å². The summed E-state index contributed by atoms with van der Waals surface area (Å²) in [4.78, 5) is 27.3. The molecule has 2 aliphatic carbocycles. The fraction of sp³-hybridized carbons (Fsp3) is 0.875. The fourth-order valence-electron chi connectivity index (χ4n) is 3.39. The summed E-state index contributed by atoms with van der Waals surface area (Å²) in [5.74, 6) is 0.782. The maximum Gasteiger partial charge on any atom is 0.249 e. The molecule has 0 bridgehead atoms. The number of rotatable bonds is 6. The Morgan fingerprint density at radius 2 is 1.95 bits per heavy atom. The van der Waals surface area contributed by atoms with Gasteiger partial charge in [-0.05, 0) is 58.3 Å². The standard InChI is InChI=1S/C16H26N2O3/c1-10(2)21-9-8-18-13(11-4-5-11)14(19)17-16(3,15(18)20)12-6-7-12/h10-13H,4-9H2,1-3H3,(H,17,19). The average Bonchev–Trinajstić information content (AvgIpc) is 3.27. The van der Waals surface area contributed by atoms with Gasteiger partial charge in [-0.3, -0.25) is 9.59 Å². The van der Waals surface area contributed by atoms with E-state index < -0.39 is 5.54 Å². The Morgan fingerprint density at radius 3 is 2.48 bits per heavy atom. The molecule has 3 aliphatic rings. The third-order valence-electron chi connectivity index (χ3n) is 4.94. The Bertz CT molecular complexity index is 443. The summed E-state index contributed by atoms with van der Waals surface area (Å²) in [6, 6.07) is -0.278. The first-order valence-corrected chi connectivity index (χ1v) is 8.18. The summed E-state index contributed by atoms with van der Waals surface area (Å²) in [5, 5.41) is 3.03. The molecule has 0 aromatic carbocycles. The zero-order valence-electron chi connectivity index (χ0n) is 13.2. The van der Waals surface area contributed by atoms with Gasteiger partial charge in [-0.15, -0.1) is 0 Å². The van der Waals surface area contributed by atoms with Crippen molar-refractivity contribution in [3.8, 4) is 0 Å². The van der Waals surface area contributed by atoms with E-state index in [4.69, 9.17) is 4.74 Å². The van der Waals surface area contributed by atoms with E-state index in [0.29, 0.717) is 25.0 Å². The van der Waals surface area contributed by atoms with Gasteiger partial charge in [0.05, 0.1) is 12.7 Å². The number of hydrogen-bond acceptors (Lipinski definition) is 3. The number of piperazine rings is 1. The minimum Gasteiger partial charge on any atom is -0.377 e. The second kappa shape index (κ2) is 5.27. The van der Waals surface area contributed by atoms with E-state index in [9.17, 15) is 9.59 Å². The minimum absolute atomic E-state index is 0.0380. The van der Waals surface area contributed by atoms with Crippen LogP contribution < -0.4 is 5.32 Å². The van der Waals surface area contributed by atoms with Crippen molar-refractivity contribution < 1.29 is 14.3 Å². The number of nitrogens with one attached hydrogen (secondary N) is 1. The molecule has 0 radical (unpaired) electrons. The molecule has 0 aromatic heterocycles. The lowest BCUT2D eigenvalue weighted by molar-refractivity contribution is -0.157. The number of carbonyl (C=O) groups excluding carboxylic acids is 2. The zero-order chi connectivity index (χ0) is 15.2. The molecule has 5 heteroatoms. The van der Waals surface area contributed by atoms with Crippen LogP contribution in [0.4, 0.5) is 0 Å². The van der Waals surface area contributed by atoms with Crippen molar-refractivity contribution in [1.29, 1.82) is 0 Å². The smallest absolute Gasteiger partial charge is 0.249 e. The highest BCUT2D eigenvalue weighted by Crippen LogP contribution is 2.45. The topological polar surface area (TPSA) is 58.6 Å². The Kier molecular flexibility index (Phi) is 3.72. The summed E-state index contributed by atoms with van der Waals surface area (Å²) >= 11 is 0. The lowest BCUT2D eigenvalue weighted by Crippen LogP contribution is -2.71. The molecule has 2 saturated carbocycles. The third kappa shape index (κ3) is 2.80. The van der Waals surface area contributed by atoms with Crippen LogP contribution in [0.1, 0.15) is 46.5 Å². The first-order valence-electron chi connectivity index (χ1n) is 8.18. The normalized spacial score (nSPS) is 33.5. The van der Waals surface area contributed by atoms with Crippen LogP contribution in [0.15, 0.2) is 0 Å². The van der Waals surface area contributed by atoms with Crippen molar-refractivity contribution in [2.24, 2.45) is 11.8 Å². The summed E-state index contributed by atoms with van der Waals surface area (Å²) in [7, 11) is 0. The molecular weight excluding hydrogens is 268 g/mol. The molecule has 1 aliphatic heterocycles. The van der Waals surface area contributed by atoms with Crippen LogP contribution in [0.25, 0.3) is 0 Å². The van der Waals surface area contributed by atoms with E-state index >= 15 is 0 Å². The summed E-state index contributed by atoms with van der Waals surface area (Å²) < 4.78 is 5.60. The average molecular weight is 294 g/mol. The van der Waals surface area contributed by atoms with Crippen LogP contribution in [0.2, 0.25) is 0 Å². The highest BCUT2D eigenvalue weighted by Gasteiger charge is 2.57. The minimum atomic E-state index is -0.694. The predicted octanol–water partition coefficient (Wildman–Crippen LogP) is 1.32. The number of ether oxygens (including phenoxy) is 1. The Labute approximate surface area is 126 Å². The molecular formula is C16H26N2O3. The van der Waals surface area contributed by atoms with Crippen molar-refractivity contribution in [2.75, 3.05) is 13.2 Å². The molecule has 5 nitrogen and oxygen atoms in total. The van der Waals surface area contributed by atoms with E-state index in [-0.39, 0.29) is 24.0 Å². The molecule has 2 amide bonds. The van der Waals surface area contributed by atoms with Crippen LogP contribution in [-0.2, 0) is 14.3 Å². The Morgan fingerprint density at radius 1 is 1.29 bits per heavy atom. The van der Waals surface area contributed by atoms with Gasteiger partial charge in [0.1, 0.15) is 11.6 Å². The van der Waals surface area contributed by atoms with Gasteiger partial charge >= 0.3 is 0 Å². The molecule has 3 rings (SSSR count). The van der Waals surface area contributed by atoms with Gasteiger partial charge in [0.15, 0.2) is 0 Å². The van der Waals surface area contributed by atoms with E-state index in [2.05, 4.69) is 5.32 Å². The molecule has 1 N–H and O–H groups in total. The summed E-state index contributed by atoms with van der Waals surface area (Å²) in [6.07, 6.45) is 4.31. The van der Waals surface area contributed by atoms with Crippen molar-refractivity contribution in [2.45, 2.75) is 64.1 Å². The van der Waals surface area contributed by atoms with E-state index in [1.54, 1.807) is 4.90 Å². The lowest BCUT2D eigenvalue weighted by atomic mass is 9.88. The van der Waals surface area contributed by atoms with Gasteiger partial charge < -0.3 is 15.0 Å². The van der Waals surface area contributed by atoms with Crippen LogP contribution in [0, 0.1) is 11.8 Å². The third-order valence-corrected chi connectivity index (χ3v) is 4.94. The van der Waals surface area contributed by atoms with Gasteiger partial charge in [-0.25, -0.2) is 0 Å². The van der Waals surface area contributed by atoms with Crippen molar-refractivity contribution in [3.63, 3.8) is 0 Å². The molecule has 118 valence electrons. The number of hydrogen-bond donors (Lipinski definition) is 1. The quantitative estimate of drug-likeness (QED) is 0.804. The maximum atomic E-state index is 12.9. The van der Waals surface area contributed by atoms with Crippen molar-refractivity contribution in [1.82, 2.24) is 10.2 Å². The summed E-state index contributed by atoms with van der Waals surface area (Å²) in [5.41, 5.74) is -0.694. The van der Waals surface area contributed by atoms with E-state index in [0.717, 1.165) is 25.7 Å². The first kappa shape index (κ1) is 14.8. The van der Waals surface area contributed by atoms with E-state index in [1.807, 2.05) is 20.8 Å². The molecule has 1 heterocycles. The molecule has 0 aromatic rings. The zero-order valence-corrected chi connectivity index (χ0v) is 13.2. The number of amides is 2. The van der Waals surface area contributed by atoms with Crippen LogP contribution in [0.5, 0.6) is 0 Å². The predicted molar refractivity (Wildman–Crippen MR) is 78.6 cm³/mol. The second-order valence-corrected chi connectivity index (χ2v) is 7.17. The van der Waals surface area contributed by atoms with Crippen LogP contribution in [-0.4, -0.2) is 47.6 Å². The van der Waals surface area contributed by atoms with Crippen LogP contribution in [0.3, 0.4) is 0 Å².